The molecule has 1 aliphatic heterocycles. The van der Waals surface area contributed by atoms with Gasteiger partial charge in [-0.3, -0.25) is 9.59 Å². The molecule has 11 nitrogen and oxygen atoms in total. The summed E-state index contributed by atoms with van der Waals surface area (Å²) < 4.78 is 18.8. The number of benzene rings is 1. The first-order valence-corrected chi connectivity index (χ1v) is 17.0. The summed E-state index contributed by atoms with van der Waals surface area (Å²) in [5.41, 5.74) is 3.61. The molecule has 1 unspecified atom stereocenters. The number of aromatic amines is 1. The van der Waals surface area contributed by atoms with Gasteiger partial charge in [-0.25, -0.2) is 9.97 Å². The quantitative estimate of drug-likeness (QED) is 0.280. The van der Waals surface area contributed by atoms with E-state index >= 15 is 0 Å². The first-order chi connectivity index (χ1) is 21.9. The summed E-state index contributed by atoms with van der Waals surface area (Å²) in [5, 5.41) is 2.98. The van der Waals surface area contributed by atoms with Gasteiger partial charge in [0.25, 0.3) is 17.3 Å². The normalized spacial score (nSPS) is 20.6. The maximum absolute atomic E-state index is 13.8. The highest BCUT2D eigenvalue weighted by Gasteiger charge is 2.48. The molecule has 1 saturated carbocycles. The SMILES string of the molecule is COCCN(C)[C@H]1CC[C@H](C2(C)Oc3c(-c4cnc(N(C)C)nc4)cc(C(=O)NCc4c(SC)cc(C)[nH]c4=O)c(C)c3O2)CC1. The molecule has 1 aliphatic carbocycles. The zero-order valence-corrected chi connectivity index (χ0v) is 29.0. The number of carbonyl (C=O) groups is 1. The third-order valence-corrected chi connectivity index (χ3v) is 10.1. The largest absolute Gasteiger partial charge is 0.448 e. The maximum atomic E-state index is 13.8. The second-order valence-electron chi connectivity index (χ2n) is 12.6. The molecular weight excluding hydrogens is 604 g/mol. The van der Waals surface area contributed by atoms with Gasteiger partial charge in [0.15, 0.2) is 11.5 Å². The summed E-state index contributed by atoms with van der Waals surface area (Å²) in [5.74, 6) is 0.696. The Hall–Kier alpha value is -3.61. The molecule has 1 aromatic carbocycles. The molecule has 0 spiro atoms. The third kappa shape index (κ3) is 6.89. The molecule has 0 radical (unpaired) electrons. The van der Waals surface area contributed by atoms with E-state index in [1.165, 1.54) is 11.8 Å². The second-order valence-corrected chi connectivity index (χ2v) is 13.5. The standard InChI is InChI=1S/C34H46N6O5S/c1-20-15-28(46-8)27(32(42)38-20)19-35-31(41)25-16-26(22-17-36-33(37-18-22)39(4)5)30-29(21(25)2)44-34(3,45-30)23-9-11-24(12-10-23)40(6)13-14-43-7/h15-18,23-24H,9-14,19H2,1-8H3,(H,35,41)(H,38,42)/t23-,24-,34?. The van der Waals surface area contributed by atoms with Crippen molar-refractivity contribution in [2.45, 2.75) is 69.7 Å². The number of rotatable bonds is 11. The van der Waals surface area contributed by atoms with Crippen LogP contribution in [0.4, 0.5) is 5.95 Å². The fourth-order valence-corrected chi connectivity index (χ4v) is 7.16. The molecule has 2 N–H and O–H groups in total. The van der Waals surface area contributed by atoms with Crippen LogP contribution in [-0.2, 0) is 11.3 Å². The van der Waals surface area contributed by atoms with Crippen LogP contribution in [0.5, 0.6) is 11.5 Å². The van der Waals surface area contributed by atoms with Crippen LogP contribution in [0.2, 0.25) is 0 Å². The van der Waals surface area contributed by atoms with Gasteiger partial charge >= 0.3 is 0 Å². The van der Waals surface area contributed by atoms with Crippen LogP contribution in [0.1, 0.15) is 59.8 Å². The average molecular weight is 651 g/mol. The lowest BCUT2D eigenvalue weighted by Gasteiger charge is -2.39. The molecular formula is C34H46N6O5S. The number of fused-ring (bicyclic) bond motifs is 1. The van der Waals surface area contributed by atoms with E-state index in [2.05, 4.69) is 32.2 Å². The van der Waals surface area contributed by atoms with Crippen molar-refractivity contribution >= 4 is 23.6 Å². The molecule has 3 aromatic rings. The van der Waals surface area contributed by atoms with Crippen molar-refractivity contribution in [3.8, 4) is 22.6 Å². The van der Waals surface area contributed by atoms with E-state index in [4.69, 9.17) is 14.2 Å². The Labute approximate surface area is 275 Å². The monoisotopic (exact) mass is 650 g/mol. The van der Waals surface area contributed by atoms with Crippen LogP contribution in [0.25, 0.3) is 11.1 Å². The zero-order valence-electron chi connectivity index (χ0n) is 28.2. The molecule has 12 heteroatoms. The molecule has 1 atom stereocenters. The minimum atomic E-state index is -0.889. The van der Waals surface area contributed by atoms with Crippen LogP contribution in [0.15, 0.2) is 34.2 Å². The number of likely N-dealkylation sites (N-methyl/N-ethyl adjacent to an activating group) is 1. The van der Waals surface area contributed by atoms with Gasteiger partial charge in [0.2, 0.25) is 5.95 Å². The van der Waals surface area contributed by atoms with Gasteiger partial charge in [0, 0.05) is 104 Å². The second kappa shape index (κ2) is 14.0. The average Bonchev–Trinajstić information content (AvgIpc) is 3.42. The number of H-pyrrole nitrogens is 1. The predicted octanol–water partition coefficient (Wildman–Crippen LogP) is 4.79. The summed E-state index contributed by atoms with van der Waals surface area (Å²) in [7, 11) is 7.66. The summed E-state index contributed by atoms with van der Waals surface area (Å²) in [4.78, 5) is 43.5. The number of carbonyl (C=O) groups excluding carboxylic acids is 1. The minimum absolute atomic E-state index is 0.0915. The van der Waals surface area contributed by atoms with Gasteiger partial charge in [-0.15, -0.1) is 11.8 Å². The number of hydrogen-bond acceptors (Lipinski definition) is 10. The molecule has 0 bridgehead atoms. The molecule has 1 fully saturated rings. The van der Waals surface area contributed by atoms with Gasteiger partial charge in [-0.05, 0) is 65.0 Å². The van der Waals surface area contributed by atoms with E-state index in [1.54, 1.807) is 19.5 Å². The third-order valence-electron chi connectivity index (χ3n) is 9.27. The summed E-state index contributed by atoms with van der Waals surface area (Å²) in [6.45, 7) is 7.44. The van der Waals surface area contributed by atoms with E-state index in [0.29, 0.717) is 57.9 Å². The van der Waals surface area contributed by atoms with Crippen molar-refractivity contribution in [1.29, 1.82) is 0 Å². The fourth-order valence-electron chi connectivity index (χ4n) is 6.45. The lowest BCUT2D eigenvalue weighted by Crippen LogP contribution is -2.47. The summed E-state index contributed by atoms with van der Waals surface area (Å²) in [6.07, 6.45) is 9.39. The Morgan fingerprint density at radius 1 is 1.11 bits per heavy atom. The van der Waals surface area contributed by atoms with Crippen molar-refractivity contribution in [2.24, 2.45) is 5.92 Å². The summed E-state index contributed by atoms with van der Waals surface area (Å²) in [6, 6.07) is 4.23. The van der Waals surface area contributed by atoms with E-state index in [-0.39, 0.29) is 23.9 Å². The van der Waals surface area contributed by atoms with Gasteiger partial charge in [0.05, 0.1) is 6.61 Å². The zero-order chi connectivity index (χ0) is 33.2. The predicted molar refractivity (Wildman–Crippen MR) is 181 cm³/mol. The van der Waals surface area contributed by atoms with Crippen molar-refractivity contribution in [3.63, 3.8) is 0 Å². The number of hydrogen-bond donors (Lipinski definition) is 2. The number of thioether (sulfide) groups is 1. The highest BCUT2D eigenvalue weighted by molar-refractivity contribution is 7.98. The number of anilines is 1. The van der Waals surface area contributed by atoms with E-state index in [9.17, 15) is 9.59 Å². The lowest BCUT2D eigenvalue weighted by molar-refractivity contribution is -0.123. The number of pyridine rings is 1. The Morgan fingerprint density at radius 2 is 1.78 bits per heavy atom. The van der Waals surface area contributed by atoms with Crippen LogP contribution in [-0.4, -0.2) is 85.2 Å². The van der Waals surface area contributed by atoms with Crippen LogP contribution in [0, 0.1) is 19.8 Å². The number of ether oxygens (including phenoxy) is 3. The number of nitrogens with one attached hydrogen (secondary N) is 2. The number of methoxy groups -OCH3 is 1. The first-order valence-electron chi connectivity index (χ1n) is 15.7. The van der Waals surface area contributed by atoms with Crippen molar-refractivity contribution in [3.05, 3.63) is 57.3 Å². The van der Waals surface area contributed by atoms with E-state index < -0.39 is 5.79 Å². The summed E-state index contributed by atoms with van der Waals surface area (Å²) >= 11 is 1.48. The van der Waals surface area contributed by atoms with Crippen molar-refractivity contribution < 1.29 is 19.0 Å². The van der Waals surface area contributed by atoms with Crippen molar-refractivity contribution in [1.82, 2.24) is 25.2 Å². The number of amides is 1. The van der Waals surface area contributed by atoms with Crippen LogP contribution >= 0.6 is 11.8 Å². The molecule has 3 heterocycles. The van der Waals surface area contributed by atoms with Gasteiger partial charge in [0.1, 0.15) is 0 Å². The molecule has 5 rings (SSSR count). The smallest absolute Gasteiger partial charge is 0.254 e. The molecule has 2 aliphatic rings. The Balaban J connectivity index is 1.45. The Kier molecular flexibility index (Phi) is 10.3. The molecule has 1 amide bonds. The first kappa shape index (κ1) is 33.7. The molecule has 2 aromatic heterocycles. The van der Waals surface area contributed by atoms with Crippen LogP contribution < -0.4 is 25.2 Å². The van der Waals surface area contributed by atoms with Gasteiger partial charge in [-0.2, -0.15) is 0 Å². The number of aromatic nitrogens is 3. The van der Waals surface area contributed by atoms with E-state index in [1.807, 2.05) is 58.2 Å². The number of nitrogens with zero attached hydrogens (tertiary/aromatic N) is 4. The Bertz CT molecular complexity index is 1620. The molecule has 248 valence electrons. The maximum Gasteiger partial charge on any atom is 0.254 e. The van der Waals surface area contributed by atoms with Gasteiger partial charge in [-0.1, -0.05) is 0 Å². The Morgan fingerprint density at radius 3 is 2.41 bits per heavy atom. The highest BCUT2D eigenvalue weighted by atomic mass is 32.2. The molecule has 0 saturated heterocycles. The fraction of sp³-hybridized carbons (Fsp3) is 0.529. The van der Waals surface area contributed by atoms with Gasteiger partial charge < -0.3 is 34.3 Å². The van der Waals surface area contributed by atoms with E-state index in [0.717, 1.165) is 42.8 Å². The van der Waals surface area contributed by atoms with Crippen molar-refractivity contribution in [2.75, 3.05) is 52.6 Å². The van der Waals surface area contributed by atoms with Crippen LogP contribution in [0.3, 0.4) is 0 Å². The molecule has 46 heavy (non-hydrogen) atoms. The highest BCUT2D eigenvalue weighted by Crippen LogP contribution is 2.52. The topological polar surface area (TPSA) is 122 Å². The lowest BCUT2D eigenvalue weighted by atomic mass is 9.81. The minimum Gasteiger partial charge on any atom is -0.448 e. The number of aryl methyl sites for hydroxylation is 1.